The Balaban J connectivity index is 2.21. The molecule has 0 spiro atoms. The minimum atomic E-state index is -1.23. The molecular weight excluding hydrogens is 346 g/mol. The minimum Gasteiger partial charge on any atom is -0.493 e. The second-order valence-electron chi connectivity index (χ2n) is 5.80. The molecule has 2 rings (SSSR count). The van der Waals surface area contributed by atoms with Crippen molar-refractivity contribution in [1.29, 1.82) is 0 Å². The van der Waals surface area contributed by atoms with Gasteiger partial charge in [0.1, 0.15) is 5.70 Å². The van der Waals surface area contributed by atoms with Crippen LogP contribution in [0.3, 0.4) is 0 Å². The Labute approximate surface area is 158 Å². The molecule has 27 heavy (non-hydrogen) atoms. The quantitative estimate of drug-likeness (QED) is 0.520. The number of hydrogen-bond donors (Lipinski definition) is 2. The van der Waals surface area contributed by atoms with Crippen LogP contribution in [0, 0.1) is 0 Å². The van der Waals surface area contributed by atoms with Crippen LogP contribution in [0.4, 0.5) is 0 Å². The number of carbonyl (C=O) groups is 2. The minimum absolute atomic E-state index is 0.231. The molecule has 0 aliphatic rings. The lowest BCUT2D eigenvalue weighted by molar-refractivity contribution is -0.132. The summed E-state index contributed by atoms with van der Waals surface area (Å²) in [6.07, 6.45) is 3.33. The second kappa shape index (κ2) is 10.0. The molecule has 0 unspecified atom stereocenters. The summed E-state index contributed by atoms with van der Waals surface area (Å²) >= 11 is 0. The number of amides is 1. The Morgan fingerprint density at radius 1 is 1.11 bits per heavy atom. The number of rotatable bonds is 9. The SMILES string of the molecule is CCCCOc1ccc(C=C(NC(=O)c2ccccc2)C(=O)O)cc1OC. The highest BCUT2D eigenvalue weighted by atomic mass is 16.5. The average molecular weight is 369 g/mol. The van der Waals surface area contributed by atoms with E-state index in [1.165, 1.54) is 13.2 Å². The van der Waals surface area contributed by atoms with E-state index in [9.17, 15) is 14.7 Å². The first-order valence-corrected chi connectivity index (χ1v) is 8.67. The van der Waals surface area contributed by atoms with Crippen molar-refractivity contribution in [3.8, 4) is 11.5 Å². The molecule has 0 aliphatic carbocycles. The number of aliphatic carboxylic acids is 1. The highest BCUT2D eigenvalue weighted by molar-refractivity contribution is 6.02. The highest BCUT2D eigenvalue weighted by Crippen LogP contribution is 2.29. The molecule has 0 bridgehead atoms. The Morgan fingerprint density at radius 3 is 2.48 bits per heavy atom. The Kier molecular flexibility index (Phi) is 7.43. The number of carboxylic acid groups (broad SMARTS) is 1. The number of carboxylic acids is 1. The largest absolute Gasteiger partial charge is 0.493 e. The van der Waals surface area contributed by atoms with Crippen molar-refractivity contribution >= 4 is 18.0 Å². The molecule has 0 fully saturated rings. The zero-order valence-electron chi connectivity index (χ0n) is 15.4. The highest BCUT2D eigenvalue weighted by Gasteiger charge is 2.14. The third kappa shape index (κ3) is 5.88. The fraction of sp³-hybridized carbons (Fsp3) is 0.238. The maximum absolute atomic E-state index is 12.2. The van der Waals surface area contributed by atoms with Gasteiger partial charge in [-0.25, -0.2) is 4.79 Å². The van der Waals surface area contributed by atoms with Crippen LogP contribution in [0.5, 0.6) is 11.5 Å². The lowest BCUT2D eigenvalue weighted by Crippen LogP contribution is -2.27. The molecule has 2 aromatic carbocycles. The van der Waals surface area contributed by atoms with Gasteiger partial charge in [-0.2, -0.15) is 0 Å². The first kappa shape index (κ1) is 20.0. The summed E-state index contributed by atoms with van der Waals surface area (Å²) in [4.78, 5) is 23.7. The van der Waals surface area contributed by atoms with Crippen LogP contribution in [-0.4, -0.2) is 30.7 Å². The lowest BCUT2D eigenvalue weighted by atomic mass is 10.1. The van der Waals surface area contributed by atoms with Crippen LogP contribution in [0.15, 0.2) is 54.2 Å². The number of ether oxygens (including phenoxy) is 2. The molecule has 6 nitrogen and oxygen atoms in total. The monoisotopic (exact) mass is 369 g/mol. The van der Waals surface area contributed by atoms with Crippen LogP contribution in [-0.2, 0) is 4.79 Å². The van der Waals surface area contributed by atoms with E-state index >= 15 is 0 Å². The first-order chi connectivity index (χ1) is 13.0. The van der Waals surface area contributed by atoms with Crippen molar-refractivity contribution in [2.45, 2.75) is 19.8 Å². The van der Waals surface area contributed by atoms with Crippen molar-refractivity contribution in [2.75, 3.05) is 13.7 Å². The maximum atomic E-state index is 12.2. The smallest absolute Gasteiger partial charge is 0.352 e. The summed E-state index contributed by atoms with van der Waals surface area (Å²) in [5.41, 5.74) is 0.716. The summed E-state index contributed by atoms with van der Waals surface area (Å²) in [5, 5.41) is 11.8. The number of carbonyl (C=O) groups excluding carboxylic acids is 1. The zero-order chi connectivity index (χ0) is 19.6. The van der Waals surface area contributed by atoms with E-state index in [4.69, 9.17) is 9.47 Å². The van der Waals surface area contributed by atoms with E-state index in [1.54, 1.807) is 48.5 Å². The van der Waals surface area contributed by atoms with Gasteiger partial charge in [-0.3, -0.25) is 4.79 Å². The number of benzene rings is 2. The van der Waals surface area contributed by atoms with Gasteiger partial charge in [0.15, 0.2) is 11.5 Å². The van der Waals surface area contributed by atoms with Gasteiger partial charge in [0.25, 0.3) is 5.91 Å². The summed E-state index contributed by atoms with van der Waals surface area (Å²) < 4.78 is 11.0. The number of nitrogens with one attached hydrogen (secondary N) is 1. The summed E-state index contributed by atoms with van der Waals surface area (Å²) in [6.45, 7) is 2.65. The molecule has 0 saturated heterocycles. The van der Waals surface area contributed by atoms with Crippen LogP contribution < -0.4 is 14.8 Å². The topological polar surface area (TPSA) is 84.9 Å². The van der Waals surface area contributed by atoms with Crippen LogP contribution in [0.2, 0.25) is 0 Å². The maximum Gasteiger partial charge on any atom is 0.352 e. The predicted octanol–water partition coefficient (Wildman–Crippen LogP) is 3.73. The van der Waals surface area contributed by atoms with Crippen molar-refractivity contribution in [3.05, 3.63) is 65.4 Å². The molecule has 0 aliphatic heterocycles. The normalized spacial score (nSPS) is 11.0. The molecule has 2 N–H and O–H groups in total. The fourth-order valence-electron chi connectivity index (χ4n) is 2.32. The average Bonchev–Trinajstić information content (AvgIpc) is 2.69. The third-order valence-corrected chi connectivity index (χ3v) is 3.77. The molecule has 142 valence electrons. The van der Waals surface area contributed by atoms with Gasteiger partial charge in [0.05, 0.1) is 13.7 Å². The third-order valence-electron chi connectivity index (χ3n) is 3.77. The number of hydrogen-bond acceptors (Lipinski definition) is 4. The lowest BCUT2D eigenvalue weighted by Gasteiger charge is -2.11. The number of unbranched alkanes of at least 4 members (excludes halogenated alkanes) is 1. The van der Waals surface area contributed by atoms with E-state index in [1.807, 2.05) is 0 Å². The second-order valence-corrected chi connectivity index (χ2v) is 5.80. The molecule has 0 atom stereocenters. The molecule has 0 radical (unpaired) electrons. The van der Waals surface area contributed by atoms with Gasteiger partial charge in [0, 0.05) is 5.56 Å². The molecule has 1 amide bonds. The van der Waals surface area contributed by atoms with Crippen molar-refractivity contribution in [3.63, 3.8) is 0 Å². The van der Waals surface area contributed by atoms with E-state index in [2.05, 4.69) is 12.2 Å². The molecule has 6 heteroatoms. The number of methoxy groups -OCH3 is 1. The Morgan fingerprint density at radius 2 is 1.85 bits per heavy atom. The van der Waals surface area contributed by atoms with Crippen LogP contribution in [0.25, 0.3) is 6.08 Å². The van der Waals surface area contributed by atoms with Gasteiger partial charge in [-0.15, -0.1) is 0 Å². The first-order valence-electron chi connectivity index (χ1n) is 8.67. The molecule has 0 heterocycles. The van der Waals surface area contributed by atoms with Gasteiger partial charge in [-0.05, 0) is 42.3 Å². The standard InChI is InChI=1S/C21H23NO5/c1-3-4-12-27-18-11-10-15(14-19(18)26-2)13-17(21(24)25)22-20(23)16-8-6-5-7-9-16/h5-11,13-14H,3-4,12H2,1-2H3,(H,22,23)(H,24,25). The van der Waals surface area contributed by atoms with Gasteiger partial charge in [-0.1, -0.05) is 37.6 Å². The van der Waals surface area contributed by atoms with Gasteiger partial charge >= 0.3 is 5.97 Å². The Hall–Kier alpha value is -3.28. The van der Waals surface area contributed by atoms with E-state index < -0.39 is 11.9 Å². The molecule has 0 saturated carbocycles. The summed E-state index contributed by atoms with van der Waals surface area (Å²) in [6, 6.07) is 13.5. The van der Waals surface area contributed by atoms with Gasteiger partial charge < -0.3 is 19.9 Å². The van der Waals surface area contributed by atoms with Crippen LogP contribution in [0.1, 0.15) is 35.7 Å². The van der Waals surface area contributed by atoms with Crippen molar-refractivity contribution < 1.29 is 24.2 Å². The zero-order valence-corrected chi connectivity index (χ0v) is 15.4. The fourth-order valence-corrected chi connectivity index (χ4v) is 2.32. The van der Waals surface area contributed by atoms with E-state index in [0.717, 1.165) is 12.8 Å². The molecular formula is C21H23NO5. The van der Waals surface area contributed by atoms with Crippen LogP contribution >= 0.6 is 0 Å². The van der Waals surface area contributed by atoms with Gasteiger partial charge in [0.2, 0.25) is 0 Å². The Bertz CT molecular complexity index is 815. The van der Waals surface area contributed by atoms with E-state index in [0.29, 0.717) is 29.2 Å². The van der Waals surface area contributed by atoms with E-state index in [-0.39, 0.29) is 5.70 Å². The predicted molar refractivity (Wildman–Crippen MR) is 103 cm³/mol. The molecule has 2 aromatic rings. The van der Waals surface area contributed by atoms with Crippen molar-refractivity contribution in [1.82, 2.24) is 5.32 Å². The molecule has 0 aromatic heterocycles. The summed E-state index contributed by atoms with van der Waals surface area (Å²) in [7, 11) is 1.52. The summed E-state index contributed by atoms with van der Waals surface area (Å²) in [5.74, 6) is -0.635. The van der Waals surface area contributed by atoms with Crippen molar-refractivity contribution in [2.24, 2.45) is 0 Å².